The molecule has 1 aromatic heterocycles. The Labute approximate surface area is 165 Å². The summed E-state index contributed by atoms with van der Waals surface area (Å²) in [6, 6.07) is 6.60. The number of nitrogens with zero attached hydrogens (tertiary/aromatic N) is 1. The fourth-order valence-electron chi connectivity index (χ4n) is 3.03. The number of hydrogen-bond donors (Lipinski definition) is 3. The Balaban J connectivity index is 1.93. The summed E-state index contributed by atoms with van der Waals surface area (Å²) in [6.45, 7) is 1.05. The zero-order valence-corrected chi connectivity index (χ0v) is 16.1. The highest BCUT2D eigenvalue weighted by Crippen LogP contribution is 2.39. The number of aryl methyl sites for hydroxylation is 1. The largest absolute Gasteiger partial charge is 0.507 e. The highest BCUT2D eigenvalue weighted by molar-refractivity contribution is 7.99. The van der Waals surface area contributed by atoms with Crippen LogP contribution in [0.1, 0.15) is 28.6 Å². The number of aliphatic hydroxyl groups excluding tert-OH is 2. The Bertz CT molecular complexity index is 925. The van der Waals surface area contributed by atoms with Crippen LogP contribution in [0.25, 0.3) is 0 Å². The predicted octanol–water partition coefficient (Wildman–Crippen LogP) is 1.98. The molecule has 1 aliphatic rings. The minimum Gasteiger partial charge on any atom is -0.507 e. The van der Waals surface area contributed by atoms with E-state index in [-0.39, 0.29) is 16.6 Å². The Morgan fingerprint density at radius 2 is 1.96 bits per heavy atom. The van der Waals surface area contributed by atoms with E-state index in [1.54, 1.807) is 30.8 Å². The molecule has 1 aromatic carbocycles. The molecule has 0 saturated heterocycles. The third-order valence-corrected chi connectivity index (χ3v) is 5.47. The molecule has 0 bridgehead atoms. The van der Waals surface area contributed by atoms with Gasteiger partial charge in [0.25, 0.3) is 0 Å². The molecular weight excluding hydrogens is 386 g/mol. The molecule has 2 heterocycles. The van der Waals surface area contributed by atoms with Crippen molar-refractivity contribution in [3.05, 3.63) is 51.6 Å². The number of hydrogen-bond acceptors (Lipinski definition) is 9. The second-order valence-electron chi connectivity index (χ2n) is 6.05. The summed E-state index contributed by atoms with van der Waals surface area (Å²) in [5.74, 6) is 1.53. The molecule has 0 radical (unpaired) electrons. The molecule has 28 heavy (non-hydrogen) atoms. The molecule has 9 heteroatoms. The number of aliphatic imine (C=N–C) groups is 1. The number of aromatic hydroxyl groups is 1. The zero-order valence-electron chi connectivity index (χ0n) is 15.3. The molecule has 1 unspecified atom stereocenters. The van der Waals surface area contributed by atoms with Crippen LogP contribution in [-0.2, 0) is 0 Å². The Morgan fingerprint density at radius 3 is 2.68 bits per heavy atom. The van der Waals surface area contributed by atoms with Crippen molar-refractivity contribution < 1.29 is 29.2 Å². The Morgan fingerprint density at radius 1 is 1.21 bits per heavy atom. The van der Waals surface area contributed by atoms with E-state index < -0.39 is 19.2 Å². The first kappa shape index (κ1) is 20.2. The predicted molar refractivity (Wildman–Crippen MR) is 104 cm³/mol. The van der Waals surface area contributed by atoms with Crippen LogP contribution in [0.5, 0.6) is 17.2 Å². The lowest BCUT2D eigenvalue weighted by Crippen LogP contribution is -2.17. The van der Waals surface area contributed by atoms with Crippen molar-refractivity contribution in [2.75, 3.05) is 25.9 Å². The number of aliphatic hydroxyl groups is 2. The van der Waals surface area contributed by atoms with Crippen LogP contribution in [0.3, 0.4) is 0 Å². The van der Waals surface area contributed by atoms with Crippen molar-refractivity contribution in [3.63, 3.8) is 0 Å². The van der Waals surface area contributed by atoms with Gasteiger partial charge in [-0.05, 0) is 24.6 Å². The number of rotatable bonds is 6. The van der Waals surface area contributed by atoms with Gasteiger partial charge in [-0.25, -0.2) is 4.79 Å². The van der Waals surface area contributed by atoms with Crippen LogP contribution in [0, 0.1) is 6.92 Å². The van der Waals surface area contributed by atoms with Crippen LogP contribution >= 0.6 is 11.8 Å². The average molecular weight is 407 g/mol. The topological polar surface area (TPSA) is 122 Å². The molecule has 1 atom stereocenters. The van der Waals surface area contributed by atoms with E-state index >= 15 is 0 Å². The fraction of sp³-hybridized carbons (Fsp3) is 0.368. The summed E-state index contributed by atoms with van der Waals surface area (Å²) in [7, 11) is 0. The summed E-state index contributed by atoms with van der Waals surface area (Å²) >= 11 is 1.66. The molecule has 1 aliphatic heterocycles. The lowest BCUT2D eigenvalue weighted by molar-refractivity contribution is 0.0743. The Kier molecular flexibility index (Phi) is 6.61. The smallest absolute Gasteiger partial charge is 0.348 e. The first-order valence-corrected chi connectivity index (χ1v) is 9.68. The number of benzene rings is 1. The molecule has 0 fully saturated rings. The molecule has 3 N–H and O–H groups in total. The molecule has 0 aliphatic carbocycles. The highest BCUT2D eigenvalue weighted by atomic mass is 32.2. The average Bonchev–Trinajstić information content (AvgIpc) is 2.89. The summed E-state index contributed by atoms with van der Waals surface area (Å²) < 4.78 is 15.4. The van der Waals surface area contributed by atoms with Crippen LogP contribution in [0.4, 0.5) is 0 Å². The van der Waals surface area contributed by atoms with Crippen LogP contribution in [0.2, 0.25) is 0 Å². The molecule has 150 valence electrons. The van der Waals surface area contributed by atoms with Gasteiger partial charge in [0, 0.05) is 30.0 Å². The van der Waals surface area contributed by atoms with Crippen molar-refractivity contribution in [1.29, 1.82) is 0 Å². The van der Waals surface area contributed by atoms with Gasteiger partial charge in [0.2, 0.25) is 0 Å². The molecule has 2 aromatic rings. The van der Waals surface area contributed by atoms with Crippen molar-refractivity contribution >= 4 is 17.5 Å². The van der Waals surface area contributed by atoms with Gasteiger partial charge >= 0.3 is 5.63 Å². The number of ether oxygens (including phenoxy) is 2. The van der Waals surface area contributed by atoms with Gasteiger partial charge in [0.15, 0.2) is 25.1 Å². The van der Waals surface area contributed by atoms with Gasteiger partial charge < -0.3 is 29.2 Å². The van der Waals surface area contributed by atoms with Crippen molar-refractivity contribution in [3.8, 4) is 17.2 Å². The summed E-state index contributed by atoms with van der Waals surface area (Å²) in [5, 5.41) is 28.3. The standard InChI is InChI=1S/C19H21NO7S/c1-11-6-14(23)18(19(24)27-11)13-8-17(28-5-4-20-13)12-2-3-15(25-9-21)16(7-12)26-10-22/h2-3,6-7,17,21-23H,4-5,8-10H2,1H3. The maximum atomic E-state index is 12.3. The van der Waals surface area contributed by atoms with Gasteiger partial charge in [-0.3, -0.25) is 4.99 Å². The molecule has 0 saturated carbocycles. The van der Waals surface area contributed by atoms with Crippen LogP contribution < -0.4 is 15.1 Å². The van der Waals surface area contributed by atoms with Gasteiger partial charge in [-0.15, -0.1) is 0 Å². The second-order valence-corrected chi connectivity index (χ2v) is 7.36. The van der Waals surface area contributed by atoms with Crippen molar-refractivity contribution in [2.24, 2.45) is 4.99 Å². The normalized spacial score (nSPS) is 17.0. The van der Waals surface area contributed by atoms with Gasteiger partial charge in [0.05, 0.1) is 5.71 Å². The third-order valence-electron chi connectivity index (χ3n) is 4.21. The quantitative estimate of drug-likeness (QED) is 0.622. The lowest BCUT2D eigenvalue weighted by atomic mass is 10.0. The number of thioether (sulfide) groups is 1. The minimum absolute atomic E-state index is 0.0643. The second kappa shape index (κ2) is 9.13. The van der Waals surface area contributed by atoms with Crippen molar-refractivity contribution in [2.45, 2.75) is 18.6 Å². The zero-order chi connectivity index (χ0) is 20.1. The van der Waals surface area contributed by atoms with E-state index in [9.17, 15) is 9.90 Å². The highest BCUT2D eigenvalue weighted by Gasteiger charge is 2.24. The van der Waals surface area contributed by atoms with Gasteiger partial charge in [-0.2, -0.15) is 11.8 Å². The monoisotopic (exact) mass is 407 g/mol. The maximum absolute atomic E-state index is 12.3. The summed E-state index contributed by atoms with van der Waals surface area (Å²) in [5.41, 5.74) is 0.842. The molecule has 3 rings (SSSR count). The SMILES string of the molecule is Cc1cc(O)c(C2=NCCSC(c3ccc(OCO)c(OCO)c3)C2)c(=O)o1. The molecule has 0 spiro atoms. The summed E-state index contributed by atoms with van der Waals surface area (Å²) in [4.78, 5) is 16.7. The van der Waals surface area contributed by atoms with Gasteiger partial charge in [0.1, 0.15) is 17.1 Å². The third kappa shape index (κ3) is 4.49. The lowest BCUT2D eigenvalue weighted by Gasteiger charge is -2.18. The minimum atomic E-state index is -0.613. The first-order chi connectivity index (χ1) is 13.5. The van der Waals surface area contributed by atoms with Crippen molar-refractivity contribution in [1.82, 2.24) is 0 Å². The van der Waals surface area contributed by atoms with Crippen LogP contribution in [-0.4, -0.2) is 46.9 Å². The molecule has 0 amide bonds. The molecular formula is C19H21NO7S. The van der Waals surface area contributed by atoms with Crippen LogP contribution in [0.15, 0.2) is 38.5 Å². The van der Waals surface area contributed by atoms with E-state index in [1.807, 2.05) is 6.07 Å². The van der Waals surface area contributed by atoms with E-state index in [1.165, 1.54) is 6.07 Å². The first-order valence-electron chi connectivity index (χ1n) is 8.63. The molecule has 8 nitrogen and oxygen atoms in total. The van der Waals surface area contributed by atoms with E-state index in [4.69, 9.17) is 24.1 Å². The summed E-state index contributed by atoms with van der Waals surface area (Å²) in [6.07, 6.45) is 0.408. The fourth-order valence-corrected chi connectivity index (χ4v) is 4.12. The Hall–Kier alpha value is -2.49. The van der Waals surface area contributed by atoms with E-state index in [0.717, 1.165) is 11.3 Å². The van der Waals surface area contributed by atoms with E-state index in [2.05, 4.69) is 4.99 Å². The maximum Gasteiger partial charge on any atom is 0.348 e. The van der Waals surface area contributed by atoms with Gasteiger partial charge in [-0.1, -0.05) is 6.07 Å². The van der Waals surface area contributed by atoms with E-state index in [0.29, 0.717) is 35.9 Å².